The summed E-state index contributed by atoms with van der Waals surface area (Å²) in [4.78, 5) is 0. The summed E-state index contributed by atoms with van der Waals surface area (Å²) in [5.41, 5.74) is -0.202. The van der Waals surface area contributed by atoms with Gasteiger partial charge in [0.15, 0.2) is 0 Å². The van der Waals surface area contributed by atoms with Crippen molar-refractivity contribution in [2.75, 3.05) is 0 Å². The smallest absolute Gasteiger partial charge is 0.116 e. The predicted molar refractivity (Wildman–Crippen MR) is 52.2 cm³/mol. The molecule has 0 saturated carbocycles. The third kappa shape index (κ3) is 1.78. The van der Waals surface area contributed by atoms with Crippen molar-refractivity contribution in [2.45, 2.75) is 26.4 Å². The molecule has 0 saturated heterocycles. The lowest BCUT2D eigenvalue weighted by molar-refractivity contribution is 0.0679. The van der Waals surface area contributed by atoms with Crippen LogP contribution in [0, 0.1) is 16.7 Å². The van der Waals surface area contributed by atoms with E-state index in [1.54, 1.807) is 30.9 Å². The van der Waals surface area contributed by atoms with Crippen molar-refractivity contribution in [3.05, 3.63) is 18.0 Å². The zero-order chi connectivity index (χ0) is 10.8. The molecule has 4 nitrogen and oxygen atoms in total. The molecule has 14 heavy (non-hydrogen) atoms. The van der Waals surface area contributed by atoms with Crippen LogP contribution in [0.5, 0.6) is 0 Å². The monoisotopic (exact) mass is 193 g/mol. The van der Waals surface area contributed by atoms with Crippen LogP contribution in [0.2, 0.25) is 0 Å². The van der Waals surface area contributed by atoms with E-state index in [2.05, 4.69) is 11.2 Å². The summed E-state index contributed by atoms with van der Waals surface area (Å²) in [5.74, 6) is 0. The second-order valence-electron chi connectivity index (χ2n) is 3.70. The van der Waals surface area contributed by atoms with Gasteiger partial charge < -0.3 is 5.11 Å². The molecule has 0 aliphatic carbocycles. The Labute approximate surface area is 83.8 Å². The quantitative estimate of drug-likeness (QED) is 0.789. The molecule has 2 unspecified atom stereocenters. The molecule has 2 atom stereocenters. The average Bonchev–Trinajstić information content (AvgIpc) is 2.62. The maximum Gasteiger partial charge on any atom is 0.116 e. The van der Waals surface area contributed by atoms with Crippen molar-refractivity contribution >= 4 is 0 Å². The highest BCUT2D eigenvalue weighted by molar-refractivity contribution is 5.12. The molecule has 0 aliphatic heterocycles. The van der Waals surface area contributed by atoms with Gasteiger partial charge in [-0.2, -0.15) is 10.4 Å². The van der Waals surface area contributed by atoms with Gasteiger partial charge in [0.05, 0.1) is 17.2 Å². The van der Waals surface area contributed by atoms with E-state index in [1.807, 2.05) is 6.92 Å². The number of hydrogen-bond acceptors (Lipinski definition) is 3. The van der Waals surface area contributed by atoms with Crippen molar-refractivity contribution < 1.29 is 5.11 Å². The Morgan fingerprint density at radius 2 is 2.43 bits per heavy atom. The fraction of sp³-hybridized carbons (Fsp3) is 0.600. The van der Waals surface area contributed by atoms with Crippen molar-refractivity contribution in [3.8, 4) is 6.07 Å². The Balaban J connectivity index is 2.95. The van der Waals surface area contributed by atoms with Gasteiger partial charge in [-0.05, 0) is 19.4 Å². The number of aliphatic hydroxyl groups excluding tert-OH is 1. The van der Waals surface area contributed by atoms with Gasteiger partial charge in [-0.15, -0.1) is 0 Å². The van der Waals surface area contributed by atoms with Crippen LogP contribution in [-0.4, -0.2) is 14.9 Å². The second kappa shape index (κ2) is 3.81. The maximum absolute atomic E-state index is 9.95. The summed E-state index contributed by atoms with van der Waals surface area (Å²) in [6, 6.07) is 3.87. The maximum atomic E-state index is 9.95. The van der Waals surface area contributed by atoms with Crippen molar-refractivity contribution in [1.82, 2.24) is 9.78 Å². The lowest BCUT2D eigenvalue weighted by Gasteiger charge is -2.24. The zero-order valence-electron chi connectivity index (χ0n) is 8.73. The summed E-state index contributed by atoms with van der Waals surface area (Å²) >= 11 is 0. The molecule has 1 heterocycles. The molecule has 1 N–H and O–H groups in total. The molecular formula is C10H15N3O. The molecule has 4 heteroatoms. The SMILES string of the molecule is CCC(C)(C#N)C(O)c1ccn(C)n1. The van der Waals surface area contributed by atoms with Crippen molar-refractivity contribution in [1.29, 1.82) is 5.26 Å². The fourth-order valence-corrected chi connectivity index (χ4v) is 1.24. The first-order valence-electron chi connectivity index (χ1n) is 4.62. The molecule has 0 fully saturated rings. The van der Waals surface area contributed by atoms with Gasteiger partial charge in [-0.25, -0.2) is 0 Å². The topological polar surface area (TPSA) is 61.8 Å². The lowest BCUT2D eigenvalue weighted by Crippen LogP contribution is -2.23. The minimum Gasteiger partial charge on any atom is -0.385 e. The molecule has 0 amide bonds. The van der Waals surface area contributed by atoms with Gasteiger partial charge in [-0.3, -0.25) is 4.68 Å². The lowest BCUT2D eigenvalue weighted by atomic mass is 9.82. The van der Waals surface area contributed by atoms with Gasteiger partial charge in [0.1, 0.15) is 6.10 Å². The van der Waals surface area contributed by atoms with Crippen LogP contribution in [-0.2, 0) is 7.05 Å². The summed E-state index contributed by atoms with van der Waals surface area (Å²) in [6.07, 6.45) is 1.53. The first-order valence-corrected chi connectivity index (χ1v) is 4.62. The molecule has 0 aromatic carbocycles. The molecule has 0 spiro atoms. The molecule has 1 aromatic heterocycles. The van der Waals surface area contributed by atoms with Gasteiger partial charge in [0, 0.05) is 13.2 Å². The molecule has 1 rings (SSSR count). The fourth-order valence-electron chi connectivity index (χ4n) is 1.24. The Kier molecular flexibility index (Phi) is 2.92. The summed E-state index contributed by atoms with van der Waals surface area (Å²) in [5, 5.41) is 23.0. The van der Waals surface area contributed by atoms with Crippen LogP contribution < -0.4 is 0 Å². The minimum absolute atomic E-state index is 0.554. The van der Waals surface area contributed by atoms with Crippen LogP contribution in [0.1, 0.15) is 32.1 Å². The van der Waals surface area contributed by atoms with E-state index < -0.39 is 11.5 Å². The number of aryl methyl sites for hydroxylation is 1. The number of hydrogen-bond donors (Lipinski definition) is 1. The van der Waals surface area contributed by atoms with Crippen LogP contribution in [0.3, 0.4) is 0 Å². The van der Waals surface area contributed by atoms with Gasteiger partial charge in [0.25, 0.3) is 0 Å². The largest absolute Gasteiger partial charge is 0.385 e. The second-order valence-corrected chi connectivity index (χ2v) is 3.70. The predicted octanol–water partition coefficient (Wildman–Crippen LogP) is 1.39. The Morgan fingerprint density at radius 1 is 1.79 bits per heavy atom. The van der Waals surface area contributed by atoms with E-state index in [1.165, 1.54) is 0 Å². The van der Waals surface area contributed by atoms with Gasteiger partial charge in [0.2, 0.25) is 0 Å². The molecular weight excluding hydrogens is 178 g/mol. The van der Waals surface area contributed by atoms with E-state index in [9.17, 15) is 5.11 Å². The van der Waals surface area contributed by atoms with Crippen molar-refractivity contribution in [2.24, 2.45) is 12.5 Å². The average molecular weight is 193 g/mol. The molecule has 0 radical (unpaired) electrons. The summed E-state index contributed by atoms with van der Waals surface area (Å²) < 4.78 is 1.62. The highest BCUT2D eigenvalue weighted by atomic mass is 16.3. The van der Waals surface area contributed by atoms with Crippen LogP contribution in [0.4, 0.5) is 0 Å². The van der Waals surface area contributed by atoms with Crippen LogP contribution >= 0.6 is 0 Å². The third-order valence-corrected chi connectivity index (χ3v) is 2.61. The Hall–Kier alpha value is -1.34. The first-order chi connectivity index (χ1) is 6.53. The summed E-state index contributed by atoms with van der Waals surface area (Å²) in [6.45, 7) is 3.63. The molecule has 76 valence electrons. The van der Waals surface area contributed by atoms with E-state index in [0.29, 0.717) is 12.1 Å². The minimum atomic E-state index is -0.821. The number of nitriles is 1. The van der Waals surface area contributed by atoms with E-state index in [-0.39, 0.29) is 0 Å². The first kappa shape index (κ1) is 10.7. The number of nitrogens with zero attached hydrogens (tertiary/aromatic N) is 3. The normalized spacial score (nSPS) is 17.1. The Bertz CT molecular complexity index is 352. The Morgan fingerprint density at radius 3 is 2.79 bits per heavy atom. The summed E-state index contributed by atoms with van der Waals surface area (Å²) in [7, 11) is 1.78. The standard InChI is InChI=1S/C10H15N3O/c1-4-10(2,7-11)9(14)8-5-6-13(3)12-8/h5-6,9,14H,4H2,1-3H3. The molecule has 1 aromatic rings. The van der Waals surface area contributed by atoms with E-state index in [4.69, 9.17) is 5.26 Å². The highest BCUT2D eigenvalue weighted by Crippen LogP contribution is 2.34. The molecule has 0 aliphatic rings. The van der Waals surface area contributed by atoms with Crippen LogP contribution in [0.15, 0.2) is 12.3 Å². The van der Waals surface area contributed by atoms with Gasteiger partial charge >= 0.3 is 0 Å². The van der Waals surface area contributed by atoms with E-state index in [0.717, 1.165) is 0 Å². The van der Waals surface area contributed by atoms with E-state index >= 15 is 0 Å². The number of aliphatic hydroxyl groups is 1. The van der Waals surface area contributed by atoms with Crippen LogP contribution in [0.25, 0.3) is 0 Å². The number of aromatic nitrogens is 2. The van der Waals surface area contributed by atoms with Crippen molar-refractivity contribution in [3.63, 3.8) is 0 Å². The van der Waals surface area contributed by atoms with Gasteiger partial charge in [-0.1, -0.05) is 6.92 Å². The number of rotatable bonds is 3. The highest BCUT2D eigenvalue weighted by Gasteiger charge is 2.33. The third-order valence-electron chi connectivity index (χ3n) is 2.61. The zero-order valence-corrected chi connectivity index (χ0v) is 8.73. The molecule has 0 bridgehead atoms.